The van der Waals surface area contributed by atoms with Crippen LogP contribution in [0.2, 0.25) is 0 Å². The second kappa shape index (κ2) is 7.43. The van der Waals surface area contributed by atoms with Crippen molar-refractivity contribution in [3.63, 3.8) is 0 Å². The molecule has 1 aromatic carbocycles. The Labute approximate surface area is 138 Å². The van der Waals surface area contributed by atoms with E-state index in [1.165, 1.54) is 31.7 Å². The number of rotatable bonds is 4. The van der Waals surface area contributed by atoms with Gasteiger partial charge < -0.3 is 5.32 Å². The summed E-state index contributed by atoms with van der Waals surface area (Å²) in [5.41, 5.74) is 1.02. The van der Waals surface area contributed by atoms with Crippen LogP contribution in [0, 0.1) is 5.82 Å². The highest BCUT2D eigenvalue weighted by atomic mass is 19.1. The highest BCUT2D eigenvalue weighted by Crippen LogP contribution is 2.31. The fourth-order valence-electron chi connectivity index (χ4n) is 4.37. The van der Waals surface area contributed by atoms with Crippen molar-refractivity contribution >= 4 is 5.91 Å². The van der Waals surface area contributed by atoms with Crippen LogP contribution in [-0.2, 0) is 11.2 Å². The molecule has 23 heavy (non-hydrogen) atoms. The molecule has 2 aliphatic rings. The molecule has 3 nitrogen and oxygen atoms in total. The lowest BCUT2D eigenvalue weighted by Gasteiger charge is -2.45. The SMILES string of the molecule is CC(=O)N[C@H]1CCCN(C2CCCC2)[C@H]1Cc1cccc(F)c1. The Morgan fingerprint density at radius 1 is 1.26 bits per heavy atom. The summed E-state index contributed by atoms with van der Waals surface area (Å²) < 4.78 is 13.5. The van der Waals surface area contributed by atoms with Crippen molar-refractivity contribution in [3.8, 4) is 0 Å². The maximum atomic E-state index is 13.5. The molecule has 126 valence electrons. The number of hydrogen-bond donors (Lipinski definition) is 1. The fourth-order valence-corrected chi connectivity index (χ4v) is 4.37. The summed E-state index contributed by atoms with van der Waals surface area (Å²) in [5.74, 6) is -0.144. The monoisotopic (exact) mass is 318 g/mol. The van der Waals surface area contributed by atoms with Gasteiger partial charge in [0.05, 0.1) is 0 Å². The second-order valence-electron chi connectivity index (χ2n) is 7.03. The van der Waals surface area contributed by atoms with E-state index in [0.29, 0.717) is 6.04 Å². The number of piperidine rings is 1. The normalized spacial score (nSPS) is 26.3. The highest BCUT2D eigenvalue weighted by molar-refractivity contribution is 5.73. The average molecular weight is 318 g/mol. The number of halogens is 1. The van der Waals surface area contributed by atoms with Gasteiger partial charge >= 0.3 is 0 Å². The number of carbonyl (C=O) groups is 1. The predicted molar refractivity (Wildman–Crippen MR) is 89.7 cm³/mol. The molecule has 0 bridgehead atoms. The van der Waals surface area contributed by atoms with E-state index in [9.17, 15) is 9.18 Å². The zero-order valence-electron chi connectivity index (χ0n) is 13.9. The van der Waals surface area contributed by atoms with E-state index in [0.717, 1.165) is 31.4 Å². The molecule has 2 atom stereocenters. The predicted octanol–water partition coefficient (Wildman–Crippen LogP) is 3.28. The van der Waals surface area contributed by atoms with E-state index in [2.05, 4.69) is 10.2 Å². The molecule has 0 unspecified atom stereocenters. The van der Waals surface area contributed by atoms with Crippen LogP contribution >= 0.6 is 0 Å². The van der Waals surface area contributed by atoms with Crippen molar-refractivity contribution in [2.24, 2.45) is 0 Å². The van der Waals surface area contributed by atoms with Gasteiger partial charge in [0.2, 0.25) is 5.91 Å². The Morgan fingerprint density at radius 2 is 2.04 bits per heavy atom. The number of benzene rings is 1. The molecule has 1 aliphatic carbocycles. The number of nitrogens with zero attached hydrogens (tertiary/aromatic N) is 1. The molecule has 1 saturated heterocycles. The van der Waals surface area contributed by atoms with E-state index < -0.39 is 0 Å². The van der Waals surface area contributed by atoms with Gasteiger partial charge in [-0.1, -0.05) is 25.0 Å². The second-order valence-corrected chi connectivity index (χ2v) is 7.03. The van der Waals surface area contributed by atoms with E-state index in [-0.39, 0.29) is 23.8 Å². The van der Waals surface area contributed by atoms with Crippen LogP contribution in [0.25, 0.3) is 0 Å². The quantitative estimate of drug-likeness (QED) is 0.924. The van der Waals surface area contributed by atoms with Gasteiger partial charge in [-0.2, -0.15) is 0 Å². The summed E-state index contributed by atoms with van der Waals surface area (Å²) in [6, 6.07) is 7.97. The molecular formula is C19H27FN2O. The Hall–Kier alpha value is -1.42. The lowest BCUT2D eigenvalue weighted by atomic mass is 9.89. The number of likely N-dealkylation sites (tertiary alicyclic amines) is 1. The molecule has 1 aromatic rings. The standard InChI is InChI=1S/C19H27FN2O/c1-14(23)21-18-10-5-11-22(17-8-2-3-9-17)19(18)13-15-6-4-7-16(20)12-15/h4,6-7,12,17-19H,2-3,5,8-11,13H2,1H3,(H,21,23)/t18-,19-/m0/s1. The molecule has 2 fully saturated rings. The van der Waals surface area contributed by atoms with Gasteiger partial charge in [-0.05, 0) is 56.3 Å². The van der Waals surface area contributed by atoms with Gasteiger partial charge in [-0.3, -0.25) is 9.69 Å². The van der Waals surface area contributed by atoms with Gasteiger partial charge in [-0.15, -0.1) is 0 Å². The smallest absolute Gasteiger partial charge is 0.217 e. The van der Waals surface area contributed by atoms with Crippen LogP contribution in [0.4, 0.5) is 4.39 Å². The summed E-state index contributed by atoms with van der Waals surface area (Å²) in [4.78, 5) is 14.2. The van der Waals surface area contributed by atoms with Crippen LogP contribution in [0.5, 0.6) is 0 Å². The average Bonchev–Trinajstić information content (AvgIpc) is 3.02. The molecule has 1 amide bonds. The Morgan fingerprint density at radius 3 is 2.74 bits per heavy atom. The van der Waals surface area contributed by atoms with Crippen LogP contribution < -0.4 is 5.32 Å². The van der Waals surface area contributed by atoms with E-state index >= 15 is 0 Å². The van der Waals surface area contributed by atoms with Crippen molar-refractivity contribution in [2.45, 2.75) is 70.0 Å². The number of nitrogens with one attached hydrogen (secondary N) is 1. The van der Waals surface area contributed by atoms with Crippen LogP contribution in [-0.4, -0.2) is 35.5 Å². The Balaban J connectivity index is 1.80. The van der Waals surface area contributed by atoms with Gasteiger partial charge in [-0.25, -0.2) is 4.39 Å². The molecule has 0 spiro atoms. The lowest BCUT2D eigenvalue weighted by molar-refractivity contribution is -0.120. The summed E-state index contributed by atoms with van der Waals surface area (Å²) in [6.07, 6.45) is 8.07. The minimum absolute atomic E-state index is 0.0347. The van der Waals surface area contributed by atoms with E-state index in [4.69, 9.17) is 0 Å². The fraction of sp³-hybridized carbons (Fsp3) is 0.632. The molecule has 0 radical (unpaired) electrons. The largest absolute Gasteiger partial charge is 0.352 e. The zero-order chi connectivity index (χ0) is 16.2. The zero-order valence-corrected chi connectivity index (χ0v) is 13.9. The summed E-state index contributed by atoms with van der Waals surface area (Å²) in [6.45, 7) is 2.69. The molecule has 0 aromatic heterocycles. The third kappa shape index (κ3) is 4.11. The summed E-state index contributed by atoms with van der Waals surface area (Å²) >= 11 is 0. The van der Waals surface area contributed by atoms with Crippen LogP contribution in [0.1, 0.15) is 51.0 Å². The van der Waals surface area contributed by atoms with Crippen LogP contribution in [0.15, 0.2) is 24.3 Å². The maximum absolute atomic E-state index is 13.5. The van der Waals surface area contributed by atoms with Gasteiger partial charge in [0.25, 0.3) is 0 Å². The summed E-state index contributed by atoms with van der Waals surface area (Å²) in [7, 11) is 0. The minimum Gasteiger partial charge on any atom is -0.352 e. The van der Waals surface area contributed by atoms with Crippen molar-refractivity contribution in [1.29, 1.82) is 0 Å². The molecule has 1 saturated carbocycles. The van der Waals surface area contributed by atoms with Crippen molar-refractivity contribution < 1.29 is 9.18 Å². The first-order valence-corrected chi connectivity index (χ1v) is 8.91. The summed E-state index contributed by atoms with van der Waals surface area (Å²) in [5, 5.41) is 3.15. The third-order valence-electron chi connectivity index (χ3n) is 5.34. The van der Waals surface area contributed by atoms with Crippen molar-refractivity contribution in [1.82, 2.24) is 10.2 Å². The van der Waals surface area contributed by atoms with Gasteiger partial charge in [0.1, 0.15) is 5.82 Å². The molecule has 4 heteroatoms. The first-order chi connectivity index (χ1) is 11.1. The molecule has 1 heterocycles. The number of amides is 1. The maximum Gasteiger partial charge on any atom is 0.217 e. The molecular weight excluding hydrogens is 291 g/mol. The third-order valence-corrected chi connectivity index (χ3v) is 5.34. The van der Waals surface area contributed by atoms with Crippen molar-refractivity contribution in [2.75, 3.05) is 6.54 Å². The molecule has 1 N–H and O–H groups in total. The number of carbonyl (C=O) groups excluding carboxylic acids is 1. The molecule has 3 rings (SSSR count). The first-order valence-electron chi connectivity index (χ1n) is 8.91. The van der Waals surface area contributed by atoms with Crippen molar-refractivity contribution in [3.05, 3.63) is 35.6 Å². The highest BCUT2D eigenvalue weighted by Gasteiger charge is 2.36. The Bertz CT molecular complexity index is 542. The lowest BCUT2D eigenvalue weighted by Crippen LogP contribution is -2.58. The topological polar surface area (TPSA) is 32.3 Å². The number of hydrogen-bond acceptors (Lipinski definition) is 2. The van der Waals surface area contributed by atoms with E-state index in [1.54, 1.807) is 19.1 Å². The van der Waals surface area contributed by atoms with Gasteiger partial charge in [0, 0.05) is 25.0 Å². The van der Waals surface area contributed by atoms with Gasteiger partial charge in [0.15, 0.2) is 0 Å². The minimum atomic E-state index is -0.179. The van der Waals surface area contributed by atoms with Crippen LogP contribution in [0.3, 0.4) is 0 Å². The molecule has 1 aliphatic heterocycles. The first kappa shape index (κ1) is 16.4. The van der Waals surface area contributed by atoms with E-state index in [1.807, 2.05) is 6.07 Å². The Kier molecular flexibility index (Phi) is 5.31.